The van der Waals surface area contributed by atoms with Crippen molar-refractivity contribution >= 4 is 11.6 Å². The van der Waals surface area contributed by atoms with Crippen LogP contribution in [0.4, 0.5) is 5.69 Å². The number of carbonyl (C=O) groups is 1. The molecule has 1 heterocycles. The molecule has 1 amide bonds. The minimum atomic E-state index is -0.222. The molecule has 0 saturated heterocycles. The van der Waals surface area contributed by atoms with E-state index in [1.807, 2.05) is 0 Å². The van der Waals surface area contributed by atoms with E-state index in [1.54, 1.807) is 38.2 Å². The minimum absolute atomic E-state index is 0.222. The van der Waals surface area contributed by atoms with Crippen molar-refractivity contribution in [3.63, 3.8) is 0 Å². The van der Waals surface area contributed by atoms with Gasteiger partial charge in [0.25, 0.3) is 5.91 Å². The SMILES string of the molecule is COc1cccc(N)c1C(=O)N(C)Cc1cc(C)on1. The molecule has 20 heavy (non-hydrogen) atoms. The highest BCUT2D eigenvalue weighted by Crippen LogP contribution is 2.25. The second kappa shape index (κ2) is 5.64. The van der Waals surface area contributed by atoms with Crippen LogP contribution in [0.25, 0.3) is 0 Å². The van der Waals surface area contributed by atoms with Crippen molar-refractivity contribution in [2.24, 2.45) is 0 Å². The van der Waals surface area contributed by atoms with Gasteiger partial charge in [-0.1, -0.05) is 11.2 Å². The topological polar surface area (TPSA) is 81.6 Å². The van der Waals surface area contributed by atoms with Gasteiger partial charge in [-0.2, -0.15) is 0 Å². The van der Waals surface area contributed by atoms with Crippen molar-refractivity contribution in [1.82, 2.24) is 10.1 Å². The number of amides is 1. The van der Waals surface area contributed by atoms with Crippen LogP contribution in [0.5, 0.6) is 5.75 Å². The fourth-order valence-electron chi connectivity index (χ4n) is 1.95. The predicted octanol–water partition coefficient (Wildman–Crippen LogP) is 1.85. The number of nitrogens with zero attached hydrogens (tertiary/aromatic N) is 2. The van der Waals surface area contributed by atoms with Crippen LogP contribution in [0, 0.1) is 6.92 Å². The Bertz CT molecular complexity index is 622. The van der Waals surface area contributed by atoms with E-state index in [9.17, 15) is 4.79 Å². The molecule has 0 radical (unpaired) electrons. The first-order chi connectivity index (χ1) is 9.52. The Morgan fingerprint density at radius 3 is 2.85 bits per heavy atom. The summed E-state index contributed by atoms with van der Waals surface area (Å²) >= 11 is 0. The van der Waals surface area contributed by atoms with E-state index in [0.717, 1.165) is 0 Å². The number of methoxy groups -OCH3 is 1. The number of nitrogens with two attached hydrogens (primary N) is 1. The molecule has 2 rings (SSSR count). The summed E-state index contributed by atoms with van der Waals surface area (Å²) in [5, 5.41) is 3.87. The Hall–Kier alpha value is -2.50. The van der Waals surface area contributed by atoms with Gasteiger partial charge in [-0.25, -0.2) is 0 Å². The van der Waals surface area contributed by atoms with Crippen molar-refractivity contribution < 1.29 is 14.1 Å². The number of anilines is 1. The summed E-state index contributed by atoms with van der Waals surface area (Å²) < 4.78 is 10.2. The van der Waals surface area contributed by atoms with Crippen molar-refractivity contribution in [1.29, 1.82) is 0 Å². The fraction of sp³-hybridized carbons (Fsp3) is 0.286. The molecule has 0 fully saturated rings. The normalized spacial score (nSPS) is 10.3. The summed E-state index contributed by atoms with van der Waals surface area (Å²) in [5.74, 6) is 0.941. The Morgan fingerprint density at radius 1 is 1.50 bits per heavy atom. The van der Waals surface area contributed by atoms with E-state index in [0.29, 0.717) is 35.0 Å². The summed E-state index contributed by atoms with van der Waals surface area (Å²) in [6, 6.07) is 6.91. The van der Waals surface area contributed by atoms with Crippen molar-refractivity contribution in [2.45, 2.75) is 13.5 Å². The highest BCUT2D eigenvalue weighted by Gasteiger charge is 2.20. The standard InChI is InChI=1S/C14H17N3O3/c1-9-7-10(16-20-9)8-17(2)14(18)13-11(15)5-4-6-12(13)19-3/h4-7H,8,15H2,1-3H3. The molecule has 106 valence electrons. The summed E-state index contributed by atoms with van der Waals surface area (Å²) in [4.78, 5) is 14.0. The van der Waals surface area contributed by atoms with Crippen LogP contribution in [-0.4, -0.2) is 30.1 Å². The quantitative estimate of drug-likeness (QED) is 0.861. The monoisotopic (exact) mass is 275 g/mol. The Balaban J connectivity index is 2.22. The first kappa shape index (κ1) is 13.9. The number of benzene rings is 1. The summed E-state index contributed by atoms with van der Waals surface area (Å²) in [6.07, 6.45) is 0. The summed E-state index contributed by atoms with van der Waals surface area (Å²) in [5.41, 5.74) is 7.30. The molecule has 0 unspecified atom stereocenters. The van der Waals surface area contributed by atoms with Gasteiger partial charge < -0.3 is 19.9 Å². The Morgan fingerprint density at radius 2 is 2.25 bits per heavy atom. The number of hydrogen-bond donors (Lipinski definition) is 1. The first-order valence-electron chi connectivity index (χ1n) is 6.13. The van der Waals surface area contributed by atoms with Gasteiger partial charge in [-0.05, 0) is 19.1 Å². The van der Waals surface area contributed by atoms with Crippen LogP contribution < -0.4 is 10.5 Å². The highest BCUT2D eigenvalue weighted by molar-refractivity contribution is 6.01. The third-order valence-corrected chi connectivity index (χ3v) is 2.91. The van der Waals surface area contributed by atoms with Gasteiger partial charge in [0.2, 0.25) is 0 Å². The number of aryl methyl sites for hydroxylation is 1. The molecule has 6 heteroatoms. The molecule has 0 aliphatic rings. The van der Waals surface area contributed by atoms with Crippen molar-refractivity contribution in [2.75, 3.05) is 19.9 Å². The van der Waals surface area contributed by atoms with Gasteiger partial charge >= 0.3 is 0 Å². The number of carbonyl (C=O) groups excluding carboxylic acids is 1. The third kappa shape index (κ3) is 2.74. The fourth-order valence-corrected chi connectivity index (χ4v) is 1.95. The zero-order valence-electron chi connectivity index (χ0n) is 11.7. The van der Waals surface area contributed by atoms with Crippen LogP contribution >= 0.6 is 0 Å². The lowest BCUT2D eigenvalue weighted by atomic mass is 10.1. The zero-order valence-corrected chi connectivity index (χ0v) is 11.7. The first-order valence-corrected chi connectivity index (χ1v) is 6.13. The highest BCUT2D eigenvalue weighted by atomic mass is 16.5. The largest absolute Gasteiger partial charge is 0.496 e. The average molecular weight is 275 g/mol. The molecule has 0 aliphatic carbocycles. The maximum atomic E-state index is 12.5. The summed E-state index contributed by atoms with van der Waals surface area (Å²) in [7, 11) is 3.19. The Labute approximate surface area is 117 Å². The molecule has 2 N–H and O–H groups in total. The second-order valence-electron chi connectivity index (χ2n) is 4.51. The molecular weight excluding hydrogens is 258 g/mol. The lowest BCUT2D eigenvalue weighted by Gasteiger charge is -2.18. The van der Waals surface area contributed by atoms with E-state index in [2.05, 4.69) is 5.16 Å². The minimum Gasteiger partial charge on any atom is -0.496 e. The second-order valence-corrected chi connectivity index (χ2v) is 4.51. The molecule has 0 aliphatic heterocycles. The van der Waals surface area contributed by atoms with Crippen LogP contribution in [0.3, 0.4) is 0 Å². The molecule has 2 aromatic rings. The van der Waals surface area contributed by atoms with Crippen molar-refractivity contribution in [3.05, 3.63) is 41.3 Å². The molecule has 0 saturated carbocycles. The van der Waals surface area contributed by atoms with Gasteiger partial charge in [-0.3, -0.25) is 4.79 Å². The maximum absolute atomic E-state index is 12.5. The maximum Gasteiger partial charge on any atom is 0.259 e. The number of nitrogen functional groups attached to an aromatic ring is 1. The lowest BCUT2D eigenvalue weighted by Crippen LogP contribution is -2.27. The van der Waals surface area contributed by atoms with Crippen LogP contribution in [0.2, 0.25) is 0 Å². The number of aromatic nitrogens is 1. The van der Waals surface area contributed by atoms with Gasteiger partial charge in [-0.15, -0.1) is 0 Å². The Kier molecular flexibility index (Phi) is 3.93. The lowest BCUT2D eigenvalue weighted by molar-refractivity contribution is 0.0780. The molecule has 0 atom stereocenters. The smallest absolute Gasteiger partial charge is 0.259 e. The van der Waals surface area contributed by atoms with Crippen LogP contribution in [-0.2, 0) is 6.54 Å². The summed E-state index contributed by atoms with van der Waals surface area (Å²) in [6.45, 7) is 2.14. The average Bonchev–Trinajstić information content (AvgIpc) is 2.82. The van der Waals surface area contributed by atoms with Crippen molar-refractivity contribution in [3.8, 4) is 5.75 Å². The predicted molar refractivity (Wildman–Crippen MR) is 74.4 cm³/mol. The molecule has 0 bridgehead atoms. The molecule has 1 aromatic carbocycles. The molecular formula is C14H17N3O3. The number of ether oxygens (including phenoxy) is 1. The van der Waals surface area contributed by atoms with E-state index in [1.165, 1.54) is 12.0 Å². The van der Waals surface area contributed by atoms with Gasteiger partial charge in [0, 0.05) is 18.8 Å². The number of rotatable bonds is 4. The van der Waals surface area contributed by atoms with E-state index >= 15 is 0 Å². The molecule has 6 nitrogen and oxygen atoms in total. The van der Waals surface area contributed by atoms with Gasteiger partial charge in [0.15, 0.2) is 0 Å². The van der Waals surface area contributed by atoms with Gasteiger partial charge in [0.05, 0.1) is 13.7 Å². The van der Waals surface area contributed by atoms with E-state index < -0.39 is 0 Å². The van der Waals surface area contributed by atoms with Gasteiger partial charge in [0.1, 0.15) is 22.8 Å². The molecule has 1 aromatic heterocycles. The zero-order chi connectivity index (χ0) is 14.7. The third-order valence-electron chi connectivity index (χ3n) is 2.91. The van der Waals surface area contributed by atoms with E-state index in [4.69, 9.17) is 15.0 Å². The number of hydrogen-bond acceptors (Lipinski definition) is 5. The van der Waals surface area contributed by atoms with Crippen LogP contribution in [0.1, 0.15) is 21.8 Å². The van der Waals surface area contributed by atoms with Crippen LogP contribution in [0.15, 0.2) is 28.8 Å². The molecule has 0 spiro atoms. The van der Waals surface area contributed by atoms with E-state index in [-0.39, 0.29) is 5.91 Å².